The Morgan fingerprint density at radius 1 is 0.253 bits per heavy atom. The lowest BCUT2D eigenvalue weighted by Gasteiger charge is -2.40. The van der Waals surface area contributed by atoms with Crippen LogP contribution in [0.3, 0.4) is 0 Å². The first-order valence-electron chi connectivity index (χ1n) is 36.9. The van der Waals surface area contributed by atoms with Crippen LogP contribution in [0, 0.1) is 67.0 Å². The van der Waals surface area contributed by atoms with Crippen LogP contribution in [0.1, 0.15) is 270 Å². The molecule has 0 aliphatic carbocycles. The van der Waals surface area contributed by atoms with Crippen LogP contribution in [0.2, 0.25) is 0 Å². The van der Waals surface area contributed by atoms with Gasteiger partial charge >= 0.3 is 0 Å². The van der Waals surface area contributed by atoms with Gasteiger partial charge in [0.15, 0.2) is 0 Å². The van der Waals surface area contributed by atoms with Gasteiger partial charge in [-0.1, -0.05) is 194 Å². The average molecular weight is 1340 g/mol. The lowest BCUT2D eigenvalue weighted by molar-refractivity contribution is -0.145. The van der Waals surface area contributed by atoms with Gasteiger partial charge in [-0.15, -0.1) is 0 Å². The van der Waals surface area contributed by atoms with E-state index in [4.69, 9.17) is 5.73 Å². The van der Waals surface area contributed by atoms with Crippen molar-refractivity contribution in [2.45, 2.75) is 270 Å². The van der Waals surface area contributed by atoms with Crippen LogP contribution in [-0.4, -0.2) is 191 Å². The van der Waals surface area contributed by atoms with E-state index in [0.29, 0.717) is 58.9 Å². The van der Waals surface area contributed by atoms with Crippen molar-refractivity contribution in [2.24, 2.45) is 72.7 Å². The van der Waals surface area contributed by atoms with Crippen LogP contribution in [0.5, 0.6) is 0 Å². The van der Waals surface area contributed by atoms with E-state index >= 15 is 0 Å². The summed E-state index contributed by atoms with van der Waals surface area (Å²) in [5, 5.41) is 0. The molecule has 8 aliphatic heterocycles. The largest absolute Gasteiger partial charge is 0.402 e. The summed E-state index contributed by atoms with van der Waals surface area (Å²) < 4.78 is 0. The second-order valence-corrected chi connectivity index (χ2v) is 37.1. The first kappa shape index (κ1) is 88.3. The molecule has 8 fully saturated rings. The highest BCUT2D eigenvalue weighted by molar-refractivity contribution is 5.85. The van der Waals surface area contributed by atoms with Crippen molar-refractivity contribution in [3.05, 3.63) is 12.3 Å². The zero-order chi connectivity index (χ0) is 73.6. The summed E-state index contributed by atoms with van der Waals surface area (Å²) in [7, 11) is 0. The molecule has 8 heterocycles. The third-order valence-electron chi connectivity index (χ3n) is 18.1. The fourth-order valence-electron chi connectivity index (χ4n) is 11.9. The Balaban J connectivity index is 0.000000544. The van der Waals surface area contributed by atoms with Crippen molar-refractivity contribution in [3.8, 4) is 0 Å². The molecular weight excluding hydrogens is 1190 g/mol. The number of carbonyl (C=O) groups is 8. The van der Waals surface area contributed by atoms with Crippen molar-refractivity contribution < 1.29 is 38.4 Å². The van der Waals surface area contributed by atoms with E-state index in [1.807, 2.05) is 205 Å². The maximum atomic E-state index is 11.9. The Hall–Kier alpha value is -4.70. The summed E-state index contributed by atoms with van der Waals surface area (Å²) in [6.07, 6.45) is 15.3. The number of carbonyl (C=O) groups excluding carboxylic acids is 8. The molecule has 0 bridgehead atoms. The first-order chi connectivity index (χ1) is 43.1. The molecule has 2 N–H and O–H groups in total. The van der Waals surface area contributed by atoms with Gasteiger partial charge in [-0.2, -0.15) is 0 Å². The Morgan fingerprint density at radius 3 is 0.674 bits per heavy atom. The van der Waals surface area contributed by atoms with Crippen LogP contribution in [0.25, 0.3) is 0 Å². The van der Waals surface area contributed by atoms with Crippen molar-refractivity contribution in [1.82, 2.24) is 39.2 Å². The summed E-state index contributed by atoms with van der Waals surface area (Å²) >= 11 is 0. The molecule has 8 amide bonds. The zero-order valence-corrected chi connectivity index (χ0v) is 66.4. The van der Waals surface area contributed by atoms with Crippen molar-refractivity contribution in [2.75, 3.05) is 105 Å². The molecule has 8 aliphatic rings. The van der Waals surface area contributed by atoms with Gasteiger partial charge in [0.1, 0.15) is 0 Å². The van der Waals surface area contributed by atoms with Crippen molar-refractivity contribution in [1.29, 1.82) is 0 Å². The van der Waals surface area contributed by atoms with E-state index in [2.05, 4.69) is 27.4 Å². The van der Waals surface area contributed by atoms with E-state index < -0.39 is 0 Å². The minimum absolute atomic E-state index is 0.180. The second-order valence-electron chi connectivity index (χ2n) is 37.1. The number of hydrogen-bond acceptors (Lipinski definition) is 9. The highest BCUT2D eigenvalue weighted by Gasteiger charge is 2.37. The molecule has 0 saturated carbocycles. The lowest BCUT2D eigenvalue weighted by atomic mass is 9.91. The number of piperidine rings is 3. The molecule has 0 aromatic rings. The minimum atomic E-state index is -0.287. The molecule has 0 radical (unpaired) electrons. The SMILES string of the molecule is C=C(N)C1CCN(C(=O)C(C)(C)C)C1.CC(C)(C)C(=O)N1CCC1.CC(C)(C)C(=O)N1CCCC1.CC(C)(C)C(=O)N1CCCCC1.CC(C)(C)C(=O)N1CCCCC1.CC1CCN(C(=O)C(C)(C)C)C1.CC1CCN(C(=O)C(C)(C)C)CC1.CC1CN(C(=O)C(C)(C)C)C1. The van der Waals surface area contributed by atoms with Crippen LogP contribution < -0.4 is 5.73 Å². The van der Waals surface area contributed by atoms with Crippen LogP contribution in [0.15, 0.2) is 12.3 Å². The lowest BCUT2D eigenvalue weighted by Crippen LogP contribution is -2.52. The summed E-state index contributed by atoms with van der Waals surface area (Å²) in [6, 6.07) is 0. The van der Waals surface area contributed by atoms with Gasteiger partial charge in [0.2, 0.25) is 47.3 Å². The molecule has 17 nitrogen and oxygen atoms in total. The van der Waals surface area contributed by atoms with Crippen molar-refractivity contribution >= 4 is 47.3 Å². The molecule has 8 rings (SSSR count). The highest BCUT2D eigenvalue weighted by atomic mass is 16.2. The quantitative estimate of drug-likeness (QED) is 0.266. The molecule has 95 heavy (non-hydrogen) atoms. The third-order valence-corrected chi connectivity index (χ3v) is 18.1. The van der Waals surface area contributed by atoms with Gasteiger partial charge in [-0.25, -0.2) is 0 Å². The Labute approximate surface area is 582 Å². The maximum Gasteiger partial charge on any atom is 0.227 e. The predicted molar refractivity (Wildman–Crippen MR) is 393 cm³/mol. The smallest absolute Gasteiger partial charge is 0.227 e. The molecule has 8 saturated heterocycles. The predicted octanol–water partition coefficient (Wildman–Crippen LogP) is 14.1. The minimum Gasteiger partial charge on any atom is -0.402 e. The van der Waals surface area contributed by atoms with E-state index in [1.54, 1.807) is 0 Å². The molecule has 2 atom stereocenters. The van der Waals surface area contributed by atoms with Crippen LogP contribution in [0.4, 0.5) is 0 Å². The van der Waals surface area contributed by atoms with Gasteiger partial charge in [0.05, 0.1) is 0 Å². The standard InChI is InChI=1S/C11H20N2O.C11H21NO.3C10H19NO.2C9H17NO.C8H15NO/c1-8(12)9-5-6-13(7-9)10(14)11(2,3)4;1-9-5-7-12(8-6-9)10(13)11(2,3)4;1-8-5-6-11(7-8)9(12)10(2,3)4;2*1-10(2,3)9(12)11-7-5-4-6-8-11;1-7-5-10(6-7)8(11)9(2,3)4;1-9(2,3)8(11)10-6-4-5-7-10;1-8(2,3)7(10)9-5-4-6-9/h9H,1,5-7,12H2,2-4H3;9H,5-8H2,1-4H3;8H,5-7H2,1-4H3;2*4-8H2,1-3H3;7H,5-6H2,1-4H3;4-7H2,1-3H3;4-6H2,1-3H3. The normalized spacial score (nSPS) is 20.6. The van der Waals surface area contributed by atoms with Crippen LogP contribution in [-0.2, 0) is 38.4 Å². The van der Waals surface area contributed by atoms with E-state index in [1.165, 1.54) is 77.0 Å². The first-order valence-corrected chi connectivity index (χ1v) is 36.9. The summed E-state index contributed by atoms with van der Waals surface area (Å²) in [6.45, 7) is 72.9. The topological polar surface area (TPSA) is 188 Å². The maximum absolute atomic E-state index is 11.9. The summed E-state index contributed by atoms with van der Waals surface area (Å²) in [5.74, 6) is 4.80. The number of hydrogen-bond donors (Lipinski definition) is 1. The van der Waals surface area contributed by atoms with Gasteiger partial charge in [0, 0.05) is 160 Å². The number of likely N-dealkylation sites (tertiary alicyclic amines) is 8. The van der Waals surface area contributed by atoms with E-state index in [9.17, 15) is 38.4 Å². The van der Waals surface area contributed by atoms with Gasteiger partial charge in [0.25, 0.3) is 0 Å². The Morgan fingerprint density at radius 2 is 0.453 bits per heavy atom. The monoisotopic (exact) mass is 1340 g/mol. The molecular formula is C78H147N9O8. The molecule has 0 aromatic heterocycles. The number of amides is 8. The Bertz CT molecular complexity index is 2320. The molecule has 552 valence electrons. The van der Waals surface area contributed by atoms with Gasteiger partial charge in [-0.05, 0) is 101 Å². The number of rotatable bonds is 1. The van der Waals surface area contributed by atoms with E-state index in [0.717, 1.165) is 117 Å². The fraction of sp³-hybridized carbons (Fsp3) is 0.872. The second kappa shape index (κ2) is 38.0. The molecule has 2 unspecified atom stereocenters. The number of nitrogens with two attached hydrogens (primary N) is 1. The summed E-state index contributed by atoms with van der Waals surface area (Å²) in [5.41, 5.74) is 4.68. The van der Waals surface area contributed by atoms with Gasteiger partial charge in [-0.3, -0.25) is 38.4 Å². The van der Waals surface area contributed by atoms with Crippen molar-refractivity contribution in [3.63, 3.8) is 0 Å². The Kier molecular flexibility index (Phi) is 35.4. The third kappa shape index (κ3) is 32.7. The van der Waals surface area contributed by atoms with E-state index in [-0.39, 0.29) is 55.1 Å². The summed E-state index contributed by atoms with van der Waals surface area (Å²) in [4.78, 5) is 109. The molecule has 17 heteroatoms. The zero-order valence-electron chi connectivity index (χ0n) is 66.4. The molecule has 0 aromatic carbocycles. The van der Waals surface area contributed by atoms with Gasteiger partial charge < -0.3 is 44.9 Å². The molecule has 0 spiro atoms. The van der Waals surface area contributed by atoms with Crippen LogP contribution >= 0.6 is 0 Å². The highest BCUT2D eigenvalue weighted by Crippen LogP contribution is 2.30. The average Bonchev–Trinajstić information content (AvgIpc) is 1.65. The number of nitrogens with zero attached hydrogens (tertiary/aromatic N) is 8. The fourth-order valence-corrected chi connectivity index (χ4v) is 11.9.